The van der Waals surface area contributed by atoms with Crippen molar-refractivity contribution in [2.75, 3.05) is 11.4 Å². The maximum absolute atomic E-state index is 11.9. The van der Waals surface area contributed by atoms with Crippen LogP contribution in [-0.2, 0) is 16.1 Å². The zero-order valence-electron chi connectivity index (χ0n) is 13.8. The summed E-state index contributed by atoms with van der Waals surface area (Å²) < 4.78 is 5.18. The molecule has 1 heterocycles. The Morgan fingerprint density at radius 3 is 2.57 bits per heavy atom. The quantitative estimate of drug-likeness (QED) is 0.873. The molecular formula is C18H22N2O3. The summed E-state index contributed by atoms with van der Waals surface area (Å²) in [4.78, 5) is 25.3. The second-order valence-corrected chi connectivity index (χ2v) is 6.59. The molecule has 0 saturated carbocycles. The van der Waals surface area contributed by atoms with E-state index in [2.05, 4.69) is 11.2 Å². The number of hydrogen-bond donors (Lipinski definition) is 1. The summed E-state index contributed by atoms with van der Waals surface area (Å²) in [6, 6.07) is 7.48. The molecule has 1 N–H and O–H groups in total. The number of ether oxygens (including phenoxy) is 1. The Morgan fingerprint density at radius 1 is 1.39 bits per heavy atom. The van der Waals surface area contributed by atoms with Crippen LogP contribution in [0.15, 0.2) is 24.3 Å². The topological polar surface area (TPSA) is 58.6 Å². The van der Waals surface area contributed by atoms with Crippen molar-refractivity contribution in [3.63, 3.8) is 0 Å². The van der Waals surface area contributed by atoms with Crippen LogP contribution < -0.4 is 10.2 Å². The van der Waals surface area contributed by atoms with E-state index in [1.165, 1.54) is 0 Å². The highest BCUT2D eigenvalue weighted by Crippen LogP contribution is 2.24. The molecule has 1 aromatic carbocycles. The fourth-order valence-corrected chi connectivity index (χ4v) is 2.35. The van der Waals surface area contributed by atoms with Gasteiger partial charge >= 0.3 is 6.09 Å². The van der Waals surface area contributed by atoms with Crippen LogP contribution in [0.3, 0.4) is 0 Å². The van der Waals surface area contributed by atoms with Crippen molar-refractivity contribution < 1.29 is 14.3 Å². The first-order valence-corrected chi connectivity index (χ1v) is 7.61. The highest BCUT2D eigenvalue weighted by atomic mass is 16.6. The van der Waals surface area contributed by atoms with Crippen LogP contribution in [0.5, 0.6) is 0 Å². The molecule has 0 radical (unpaired) electrons. The van der Waals surface area contributed by atoms with Crippen molar-refractivity contribution in [3.05, 3.63) is 29.8 Å². The number of carbonyl (C=O) groups excluding carboxylic acids is 2. The SMILES string of the molecule is C#CC1CC(=O)N(c2ccc(CNC(=O)OC(C)(C)C)cc2)C1. The first-order valence-electron chi connectivity index (χ1n) is 7.61. The molecule has 1 atom stereocenters. The van der Waals surface area contributed by atoms with E-state index in [9.17, 15) is 9.59 Å². The molecule has 2 amide bonds. The van der Waals surface area contributed by atoms with E-state index < -0.39 is 11.7 Å². The Bertz CT molecular complexity index is 623. The minimum Gasteiger partial charge on any atom is -0.444 e. The van der Waals surface area contributed by atoms with E-state index in [4.69, 9.17) is 11.2 Å². The smallest absolute Gasteiger partial charge is 0.407 e. The number of amides is 2. The minimum atomic E-state index is -0.516. The number of hydrogen-bond acceptors (Lipinski definition) is 3. The molecule has 1 aliphatic heterocycles. The van der Waals surface area contributed by atoms with Crippen LogP contribution in [0.4, 0.5) is 10.5 Å². The third-order valence-electron chi connectivity index (χ3n) is 3.44. The van der Waals surface area contributed by atoms with Gasteiger partial charge in [-0.25, -0.2) is 4.79 Å². The van der Waals surface area contributed by atoms with Gasteiger partial charge in [0.1, 0.15) is 5.60 Å². The molecule has 122 valence electrons. The molecule has 1 fully saturated rings. The van der Waals surface area contributed by atoms with Gasteiger partial charge < -0.3 is 15.0 Å². The van der Waals surface area contributed by atoms with Gasteiger partial charge in [0.2, 0.25) is 5.91 Å². The second-order valence-electron chi connectivity index (χ2n) is 6.59. The van der Waals surface area contributed by atoms with Crippen molar-refractivity contribution >= 4 is 17.7 Å². The van der Waals surface area contributed by atoms with Crippen molar-refractivity contribution in [1.29, 1.82) is 0 Å². The van der Waals surface area contributed by atoms with E-state index in [0.29, 0.717) is 19.5 Å². The predicted octanol–water partition coefficient (Wildman–Crippen LogP) is 2.70. The molecule has 5 heteroatoms. The van der Waals surface area contributed by atoms with E-state index in [1.807, 2.05) is 45.0 Å². The zero-order valence-corrected chi connectivity index (χ0v) is 13.8. The van der Waals surface area contributed by atoms with Gasteiger partial charge in [-0.1, -0.05) is 12.1 Å². The lowest BCUT2D eigenvalue weighted by Crippen LogP contribution is -2.32. The summed E-state index contributed by atoms with van der Waals surface area (Å²) in [6.45, 7) is 6.38. The van der Waals surface area contributed by atoms with Gasteiger partial charge in [-0.3, -0.25) is 4.79 Å². The number of nitrogens with one attached hydrogen (secondary N) is 1. The average Bonchev–Trinajstić information content (AvgIpc) is 2.85. The molecule has 1 saturated heterocycles. The van der Waals surface area contributed by atoms with Crippen LogP contribution in [0, 0.1) is 18.3 Å². The summed E-state index contributed by atoms with van der Waals surface area (Å²) in [6.07, 6.45) is 5.34. The standard InChI is InChI=1S/C18H22N2O3/c1-5-13-10-16(21)20(12-13)15-8-6-14(7-9-15)11-19-17(22)23-18(2,3)4/h1,6-9,13H,10-12H2,2-4H3,(H,19,22). The monoisotopic (exact) mass is 314 g/mol. The van der Waals surface area contributed by atoms with Crippen LogP contribution in [-0.4, -0.2) is 24.1 Å². The number of anilines is 1. The average molecular weight is 314 g/mol. The third kappa shape index (κ3) is 4.75. The lowest BCUT2D eigenvalue weighted by molar-refractivity contribution is -0.117. The van der Waals surface area contributed by atoms with E-state index in [-0.39, 0.29) is 11.8 Å². The first-order chi connectivity index (χ1) is 10.8. The predicted molar refractivity (Wildman–Crippen MR) is 88.8 cm³/mol. The molecule has 1 aromatic rings. The van der Waals surface area contributed by atoms with Crippen molar-refractivity contribution in [2.24, 2.45) is 5.92 Å². The van der Waals surface area contributed by atoms with Gasteiger partial charge in [0.25, 0.3) is 0 Å². The Balaban J connectivity index is 1.92. The summed E-state index contributed by atoms with van der Waals surface area (Å²) in [7, 11) is 0. The van der Waals surface area contributed by atoms with Gasteiger partial charge in [-0.05, 0) is 38.5 Å². The largest absolute Gasteiger partial charge is 0.444 e. The van der Waals surface area contributed by atoms with Crippen molar-refractivity contribution in [1.82, 2.24) is 5.32 Å². The van der Waals surface area contributed by atoms with Gasteiger partial charge in [0.05, 0.1) is 0 Å². The molecule has 2 rings (SSSR count). The molecule has 23 heavy (non-hydrogen) atoms. The van der Waals surface area contributed by atoms with Gasteiger partial charge in [0, 0.05) is 31.1 Å². The summed E-state index contributed by atoms with van der Waals surface area (Å²) >= 11 is 0. The zero-order chi connectivity index (χ0) is 17.0. The van der Waals surface area contributed by atoms with Crippen LogP contribution in [0.1, 0.15) is 32.8 Å². The molecular weight excluding hydrogens is 292 g/mol. The fraction of sp³-hybridized carbons (Fsp3) is 0.444. The molecule has 1 unspecified atom stereocenters. The lowest BCUT2D eigenvalue weighted by Gasteiger charge is -2.20. The maximum Gasteiger partial charge on any atom is 0.407 e. The Morgan fingerprint density at radius 2 is 2.04 bits per heavy atom. The van der Waals surface area contributed by atoms with E-state index in [1.54, 1.807) is 4.90 Å². The molecule has 5 nitrogen and oxygen atoms in total. The van der Waals surface area contributed by atoms with Gasteiger partial charge in [-0.15, -0.1) is 12.3 Å². The van der Waals surface area contributed by atoms with Gasteiger partial charge in [0.15, 0.2) is 0 Å². The van der Waals surface area contributed by atoms with Crippen LogP contribution >= 0.6 is 0 Å². The third-order valence-corrected chi connectivity index (χ3v) is 3.44. The van der Waals surface area contributed by atoms with Crippen molar-refractivity contribution in [3.8, 4) is 12.3 Å². The Hall–Kier alpha value is -2.48. The van der Waals surface area contributed by atoms with Gasteiger partial charge in [-0.2, -0.15) is 0 Å². The minimum absolute atomic E-state index is 0.0176. The number of nitrogens with zero attached hydrogens (tertiary/aromatic N) is 1. The van der Waals surface area contributed by atoms with Crippen LogP contribution in [0.2, 0.25) is 0 Å². The number of alkyl carbamates (subject to hydrolysis) is 1. The Labute approximate surface area is 137 Å². The highest BCUT2D eigenvalue weighted by Gasteiger charge is 2.29. The maximum atomic E-state index is 11.9. The summed E-state index contributed by atoms with van der Waals surface area (Å²) in [5.74, 6) is 2.66. The fourth-order valence-electron chi connectivity index (χ4n) is 2.35. The molecule has 0 aromatic heterocycles. The summed E-state index contributed by atoms with van der Waals surface area (Å²) in [5.41, 5.74) is 1.24. The summed E-state index contributed by atoms with van der Waals surface area (Å²) in [5, 5.41) is 2.70. The lowest BCUT2D eigenvalue weighted by atomic mass is 10.1. The number of rotatable bonds is 3. The number of benzene rings is 1. The van der Waals surface area contributed by atoms with Crippen LogP contribution in [0.25, 0.3) is 0 Å². The Kier molecular flexibility index (Phi) is 4.95. The molecule has 0 spiro atoms. The number of terminal acetylenes is 1. The van der Waals surface area contributed by atoms with E-state index in [0.717, 1.165) is 11.3 Å². The highest BCUT2D eigenvalue weighted by molar-refractivity contribution is 5.96. The molecule has 0 aliphatic carbocycles. The first kappa shape index (κ1) is 16.9. The second kappa shape index (κ2) is 6.74. The molecule has 1 aliphatic rings. The van der Waals surface area contributed by atoms with E-state index >= 15 is 0 Å². The molecule has 0 bridgehead atoms. The van der Waals surface area contributed by atoms with Crippen molar-refractivity contribution in [2.45, 2.75) is 39.3 Å². The number of carbonyl (C=O) groups is 2. The normalized spacial score (nSPS) is 17.7.